The number of carboxylic acid groups (broad SMARTS) is 1. The molecular formula is C10H14FN3O7S. The van der Waals surface area contributed by atoms with Gasteiger partial charge in [-0.1, -0.05) is 0 Å². The third kappa shape index (κ3) is 5.63. The Morgan fingerprint density at radius 1 is 1.23 bits per heavy atom. The van der Waals surface area contributed by atoms with Crippen molar-refractivity contribution in [3.8, 4) is 0 Å². The first kappa shape index (κ1) is 17.8. The van der Waals surface area contributed by atoms with Gasteiger partial charge in [0.25, 0.3) is 0 Å². The number of hydrogen-bond donors (Lipinski definition) is 3. The Labute approximate surface area is 124 Å². The smallest absolute Gasteiger partial charge is 0.322 e. The monoisotopic (exact) mass is 339 g/mol. The number of carboxylic acids is 1. The fourth-order valence-electron chi connectivity index (χ4n) is 1.72. The lowest BCUT2D eigenvalue weighted by Gasteiger charge is -2.15. The highest BCUT2D eigenvalue weighted by molar-refractivity contribution is 7.87. The Balaban J connectivity index is 2.38. The van der Waals surface area contributed by atoms with Crippen LogP contribution in [0.4, 0.5) is 3.89 Å². The molecule has 1 heterocycles. The van der Waals surface area contributed by atoms with Gasteiger partial charge in [-0.2, -0.15) is 8.42 Å². The number of hydrogen-bond acceptors (Lipinski definition) is 6. The van der Waals surface area contributed by atoms with E-state index in [9.17, 15) is 31.5 Å². The highest BCUT2D eigenvalue weighted by Crippen LogP contribution is 2.19. The number of aliphatic carboxylic acids is 1. The summed E-state index contributed by atoms with van der Waals surface area (Å²) in [6, 6.07) is 0. The van der Waals surface area contributed by atoms with Gasteiger partial charge in [-0.3, -0.25) is 19.2 Å². The van der Waals surface area contributed by atoms with E-state index >= 15 is 0 Å². The molecule has 1 unspecified atom stereocenters. The summed E-state index contributed by atoms with van der Waals surface area (Å²) < 4.78 is 34.2. The molecule has 0 bridgehead atoms. The molecule has 3 amide bonds. The number of amides is 3. The van der Waals surface area contributed by atoms with E-state index in [2.05, 4.69) is 5.32 Å². The number of nitrogens with one attached hydrogen (secondary N) is 2. The number of carbonyl (C=O) groups is 4. The van der Waals surface area contributed by atoms with Gasteiger partial charge in [-0.15, -0.1) is 3.89 Å². The number of halogens is 1. The summed E-state index contributed by atoms with van der Waals surface area (Å²) in [6.07, 6.45) is -0.536. The van der Waals surface area contributed by atoms with Gasteiger partial charge < -0.3 is 20.6 Å². The Morgan fingerprint density at radius 2 is 1.82 bits per heavy atom. The Hall–Kier alpha value is -2.24. The fourth-order valence-corrected chi connectivity index (χ4v) is 2.42. The zero-order chi connectivity index (χ0) is 16.9. The van der Waals surface area contributed by atoms with Crippen molar-refractivity contribution >= 4 is 33.9 Å². The largest absolute Gasteiger partial charge is 0.480 e. The molecule has 3 N–H and O–H groups in total. The molecule has 0 radical (unpaired) electrons. The summed E-state index contributed by atoms with van der Waals surface area (Å²) in [6.45, 7) is -2.05. The molecule has 1 atom stereocenters. The quantitative estimate of drug-likeness (QED) is 0.424. The zero-order valence-corrected chi connectivity index (χ0v) is 12.1. The van der Waals surface area contributed by atoms with Gasteiger partial charge in [-0.05, 0) is 0 Å². The predicted octanol–water partition coefficient (Wildman–Crippen LogP) is -2.80. The third-order valence-electron chi connectivity index (χ3n) is 2.79. The van der Waals surface area contributed by atoms with Crippen LogP contribution in [-0.4, -0.2) is 73.5 Å². The predicted molar refractivity (Wildman–Crippen MR) is 68.7 cm³/mol. The molecule has 1 aliphatic rings. The molecule has 0 aromatic rings. The van der Waals surface area contributed by atoms with Crippen LogP contribution < -0.4 is 10.6 Å². The van der Waals surface area contributed by atoms with Gasteiger partial charge in [0, 0.05) is 13.0 Å². The maximum Gasteiger partial charge on any atom is 0.322 e. The molecule has 1 saturated heterocycles. The van der Waals surface area contributed by atoms with Crippen LogP contribution in [0.5, 0.6) is 0 Å². The van der Waals surface area contributed by atoms with Gasteiger partial charge in [0.2, 0.25) is 17.7 Å². The molecule has 1 rings (SSSR count). The van der Waals surface area contributed by atoms with Crippen molar-refractivity contribution in [1.29, 1.82) is 0 Å². The van der Waals surface area contributed by atoms with Gasteiger partial charge in [-0.25, -0.2) is 0 Å². The summed E-state index contributed by atoms with van der Waals surface area (Å²) >= 11 is 0. The van der Waals surface area contributed by atoms with Crippen molar-refractivity contribution in [2.75, 3.05) is 26.2 Å². The summed E-state index contributed by atoms with van der Waals surface area (Å²) in [4.78, 5) is 45.2. The van der Waals surface area contributed by atoms with E-state index in [1.807, 2.05) is 5.32 Å². The molecule has 0 spiro atoms. The molecule has 1 aliphatic heterocycles. The lowest BCUT2D eigenvalue weighted by atomic mass is 10.4. The van der Waals surface area contributed by atoms with Crippen molar-refractivity contribution in [1.82, 2.24) is 15.5 Å². The molecule has 0 saturated carbocycles. The summed E-state index contributed by atoms with van der Waals surface area (Å²) in [7, 11) is -4.86. The van der Waals surface area contributed by atoms with Gasteiger partial charge in [0.05, 0.1) is 13.1 Å². The second kappa shape index (κ2) is 7.15. The van der Waals surface area contributed by atoms with Crippen LogP contribution in [0.15, 0.2) is 0 Å². The summed E-state index contributed by atoms with van der Waals surface area (Å²) in [5.74, 6) is -3.43. The molecule has 1 fully saturated rings. The van der Waals surface area contributed by atoms with E-state index < -0.39 is 71.8 Å². The second-order valence-corrected chi connectivity index (χ2v) is 6.14. The van der Waals surface area contributed by atoms with E-state index in [1.165, 1.54) is 0 Å². The van der Waals surface area contributed by atoms with Crippen LogP contribution >= 0.6 is 0 Å². The Kier molecular flexibility index (Phi) is 5.79. The first-order chi connectivity index (χ1) is 10.1. The summed E-state index contributed by atoms with van der Waals surface area (Å²) in [5, 5.41) is 11.0. The van der Waals surface area contributed by atoms with E-state index in [0.717, 1.165) is 4.90 Å². The lowest BCUT2D eigenvalue weighted by molar-refractivity contribution is -0.138. The van der Waals surface area contributed by atoms with Crippen molar-refractivity contribution in [3.05, 3.63) is 0 Å². The van der Waals surface area contributed by atoms with Crippen LogP contribution in [0.3, 0.4) is 0 Å². The van der Waals surface area contributed by atoms with Crippen molar-refractivity contribution < 1.29 is 36.6 Å². The van der Waals surface area contributed by atoms with E-state index in [-0.39, 0.29) is 0 Å². The minimum Gasteiger partial charge on any atom is -0.480 e. The number of likely N-dealkylation sites (tertiary alicyclic amines) is 1. The normalized spacial score (nSPS) is 18.1. The highest BCUT2D eigenvalue weighted by Gasteiger charge is 2.38. The lowest BCUT2D eigenvalue weighted by Crippen LogP contribution is -2.43. The van der Waals surface area contributed by atoms with Crippen LogP contribution in [0.1, 0.15) is 6.42 Å². The first-order valence-electron chi connectivity index (χ1n) is 6.06. The van der Waals surface area contributed by atoms with E-state index in [1.54, 1.807) is 0 Å². The second-order valence-electron chi connectivity index (χ2n) is 4.52. The number of nitrogens with zero attached hydrogens (tertiary/aromatic N) is 1. The van der Waals surface area contributed by atoms with Gasteiger partial charge >= 0.3 is 16.2 Å². The molecule has 12 heteroatoms. The van der Waals surface area contributed by atoms with Crippen LogP contribution in [0, 0.1) is 0 Å². The van der Waals surface area contributed by atoms with Crippen LogP contribution in [-0.2, 0) is 29.4 Å². The van der Waals surface area contributed by atoms with Crippen molar-refractivity contribution in [3.63, 3.8) is 0 Å². The maximum absolute atomic E-state index is 12.8. The SMILES string of the molecule is O=C(O)CNC(=O)CNC(=O)CN1CC(S(=O)(=O)F)CC1=O. The minimum absolute atomic E-state index is 0.434. The van der Waals surface area contributed by atoms with E-state index in [4.69, 9.17) is 5.11 Å². The average molecular weight is 339 g/mol. The topological polar surface area (TPSA) is 150 Å². The standard InChI is InChI=1S/C10H14FN3O7S/c11-22(20,21)6-1-9(17)14(4-6)5-8(16)12-2-7(15)13-3-10(18)19/h6H,1-5H2,(H,12,16)(H,13,15)(H,18,19). The molecule has 10 nitrogen and oxygen atoms in total. The van der Waals surface area contributed by atoms with Crippen molar-refractivity contribution in [2.45, 2.75) is 11.7 Å². The maximum atomic E-state index is 12.8. The highest BCUT2D eigenvalue weighted by atomic mass is 32.3. The van der Waals surface area contributed by atoms with Gasteiger partial charge in [0.15, 0.2) is 0 Å². The number of rotatable bonds is 7. The Morgan fingerprint density at radius 3 is 2.32 bits per heavy atom. The molecule has 124 valence electrons. The van der Waals surface area contributed by atoms with Gasteiger partial charge in [0.1, 0.15) is 11.8 Å². The molecule has 22 heavy (non-hydrogen) atoms. The summed E-state index contributed by atoms with van der Waals surface area (Å²) in [5.41, 5.74) is 0. The van der Waals surface area contributed by atoms with Crippen molar-refractivity contribution in [2.24, 2.45) is 0 Å². The van der Waals surface area contributed by atoms with Crippen LogP contribution in [0.25, 0.3) is 0 Å². The molecule has 0 aromatic heterocycles. The third-order valence-corrected chi connectivity index (χ3v) is 3.91. The first-order valence-corrected chi connectivity index (χ1v) is 7.50. The molecular weight excluding hydrogens is 325 g/mol. The average Bonchev–Trinajstić information content (AvgIpc) is 2.75. The number of carbonyl (C=O) groups excluding carboxylic acids is 3. The fraction of sp³-hybridized carbons (Fsp3) is 0.600. The zero-order valence-electron chi connectivity index (χ0n) is 11.2. The Bertz CT molecular complexity index is 591. The van der Waals surface area contributed by atoms with Crippen LogP contribution in [0.2, 0.25) is 0 Å². The molecule has 0 aromatic carbocycles. The van der Waals surface area contributed by atoms with E-state index in [0.29, 0.717) is 0 Å². The molecule has 0 aliphatic carbocycles. The minimum atomic E-state index is -4.86.